The molecule has 0 aliphatic rings. The summed E-state index contributed by atoms with van der Waals surface area (Å²) in [6.45, 7) is 5.68. The van der Waals surface area contributed by atoms with Gasteiger partial charge in [0.25, 0.3) is 0 Å². The van der Waals surface area contributed by atoms with Gasteiger partial charge in [0, 0.05) is 22.6 Å². The molecule has 1 N–H and O–H groups in total. The molecule has 2 amide bonds. The summed E-state index contributed by atoms with van der Waals surface area (Å²) in [5.74, 6) is -0.371. The van der Waals surface area contributed by atoms with Crippen LogP contribution in [0.1, 0.15) is 26.3 Å². The van der Waals surface area contributed by atoms with E-state index in [2.05, 4.69) is 5.32 Å². The Balaban J connectivity index is 2.61. The fourth-order valence-electron chi connectivity index (χ4n) is 1.72. The number of carbonyl (C=O) groups is 2. The van der Waals surface area contributed by atoms with Gasteiger partial charge in [0.15, 0.2) is 0 Å². The van der Waals surface area contributed by atoms with Crippen LogP contribution in [0.3, 0.4) is 0 Å². The predicted octanol–water partition coefficient (Wildman–Crippen LogP) is 2.91. The van der Waals surface area contributed by atoms with Gasteiger partial charge in [-0.05, 0) is 38.5 Å². The Kier molecular flexibility index (Phi) is 6.05. The molecule has 0 aliphatic heterocycles. The van der Waals surface area contributed by atoms with Crippen molar-refractivity contribution < 1.29 is 9.59 Å². The third kappa shape index (κ3) is 6.36. The second-order valence-electron chi connectivity index (χ2n) is 5.96. The van der Waals surface area contributed by atoms with Crippen LogP contribution in [0.4, 0.5) is 0 Å². The molecule has 0 fully saturated rings. The number of hydrogen-bond acceptors (Lipinski definition) is 2. The monoisotopic (exact) mass is 330 g/mol. The second kappa shape index (κ2) is 7.14. The minimum atomic E-state index is -0.319. The molecule has 0 atom stereocenters. The van der Waals surface area contributed by atoms with E-state index in [0.29, 0.717) is 15.6 Å². The zero-order valence-electron chi connectivity index (χ0n) is 12.7. The molecule has 0 bridgehead atoms. The molecule has 0 heterocycles. The lowest BCUT2D eigenvalue weighted by Gasteiger charge is -2.23. The molecule has 0 aromatic heterocycles. The van der Waals surface area contributed by atoms with Gasteiger partial charge in [-0.3, -0.25) is 9.59 Å². The molecule has 4 nitrogen and oxygen atoms in total. The lowest BCUT2D eigenvalue weighted by Crippen LogP contribution is -2.46. The first-order chi connectivity index (χ1) is 9.58. The zero-order chi connectivity index (χ0) is 16.2. The number of nitrogens with zero attached hydrogens (tertiary/aromatic N) is 1. The van der Waals surface area contributed by atoms with Gasteiger partial charge in [-0.15, -0.1) is 0 Å². The van der Waals surface area contributed by atoms with Gasteiger partial charge in [0.2, 0.25) is 11.8 Å². The molecule has 0 aliphatic carbocycles. The number of likely N-dealkylation sites (N-methyl/N-ethyl adjacent to an activating group) is 1. The van der Waals surface area contributed by atoms with E-state index in [1.54, 1.807) is 25.2 Å². The van der Waals surface area contributed by atoms with Gasteiger partial charge in [-0.25, -0.2) is 0 Å². The van der Waals surface area contributed by atoms with Crippen molar-refractivity contribution in [2.45, 2.75) is 32.7 Å². The van der Waals surface area contributed by atoms with Crippen molar-refractivity contribution >= 4 is 35.0 Å². The molecule has 1 aromatic carbocycles. The SMILES string of the molecule is CN(CC(=O)NC(C)(C)C)C(=O)Cc1ccc(Cl)cc1Cl. The highest BCUT2D eigenvalue weighted by molar-refractivity contribution is 6.35. The Bertz CT molecular complexity index is 539. The normalized spacial score (nSPS) is 11.1. The van der Waals surface area contributed by atoms with Gasteiger partial charge in [-0.2, -0.15) is 0 Å². The predicted molar refractivity (Wildman–Crippen MR) is 85.7 cm³/mol. The maximum absolute atomic E-state index is 12.1. The van der Waals surface area contributed by atoms with E-state index in [1.807, 2.05) is 20.8 Å². The molecule has 1 rings (SSSR count). The lowest BCUT2D eigenvalue weighted by atomic mass is 10.1. The van der Waals surface area contributed by atoms with Crippen LogP contribution in [-0.4, -0.2) is 35.8 Å². The third-order valence-electron chi connectivity index (χ3n) is 2.68. The molecule has 0 spiro atoms. The topological polar surface area (TPSA) is 49.4 Å². The summed E-state index contributed by atoms with van der Waals surface area (Å²) < 4.78 is 0. The smallest absolute Gasteiger partial charge is 0.240 e. The van der Waals surface area contributed by atoms with Crippen molar-refractivity contribution in [1.29, 1.82) is 0 Å². The number of amides is 2. The van der Waals surface area contributed by atoms with Gasteiger partial charge >= 0.3 is 0 Å². The third-order valence-corrected chi connectivity index (χ3v) is 3.26. The van der Waals surface area contributed by atoms with E-state index in [4.69, 9.17) is 23.2 Å². The van der Waals surface area contributed by atoms with Crippen molar-refractivity contribution in [3.05, 3.63) is 33.8 Å². The molecular formula is C15H20Cl2N2O2. The number of nitrogens with one attached hydrogen (secondary N) is 1. The highest BCUT2D eigenvalue weighted by Gasteiger charge is 2.18. The van der Waals surface area contributed by atoms with Crippen LogP contribution in [-0.2, 0) is 16.0 Å². The van der Waals surface area contributed by atoms with Crippen LogP contribution in [0.5, 0.6) is 0 Å². The van der Waals surface area contributed by atoms with Gasteiger partial charge in [0.05, 0.1) is 13.0 Å². The summed E-state index contributed by atoms with van der Waals surface area (Å²) in [4.78, 5) is 25.3. The van der Waals surface area contributed by atoms with Gasteiger partial charge in [0.1, 0.15) is 0 Å². The number of benzene rings is 1. The number of halogens is 2. The minimum absolute atomic E-state index is 0.0152. The molecule has 6 heteroatoms. The van der Waals surface area contributed by atoms with Crippen LogP contribution in [0, 0.1) is 0 Å². The molecule has 0 saturated heterocycles. The first-order valence-electron chi connectivity index (χ1n) is 6.57. The molecule has 0 unspecified atom stereocenters. The Labute approximate surface area is 135 Å². The van der Waals surface area contributed by atoms with Gasteiger partial charge in [-0.1, -0.05) is 29.3 Å². The quantitative estimate of drug-likeness (QED) is 0.922. The first-order valence-corrected chi connectivity index (χ1v) is 7.33. The highest BCUT2D eigenvalue weighted by atomic mass is 35.5. The largest absolute Gasteiger partial charge is 0.350 e. The maximum Gasteiger partial charge on any atom is 0.240 e. The van der Waals surface area contributed by atoms with Crippen molar-refractivity contribution in [2.24, 2.45) is 0 Å². The summed E-state index contributed by atoms with van der Waals surface area (Å²) in [5.41, 5.74) is 0.370. The summed E-state index contributed by atoms with van der Waals surface area (Å²) in [7, 11) is 1.59. The second-order valence-corrected chi connectivity index (χ2v) is 6.80. The van der Waals surface area contributed by atoms with Crippen molar-refractivity contribution in [3.63, 3.8) is 0 Å². The molecule has 0 saturated carbocycles. The molecule has 116 valence electrons. The van der Waals surface area contributed by atoms with E-state index in [1.165, 1.54) is 4.90 Å². The van der Waals surface area contributed by atoms with Crippen LogP contribution in [0.2, 0.25) is 10.0 Å². The van der Waals surface area contributed by atoms with E-state index in [0.717, 1.165) is 0 Å². The van der Waals surface area contributed by atoms with Crippen LogP contribution < -0.4 is 5.32 Å². The van der Waals surface area contributed by atoms with Crippen molar-refractivity contribution in [3.8, 4) is 0 Å². The lowest BCUT2D eigenvalue weighted by molar-refractivity contribution is -0.134. The standard InChI is InChI=1S/C15H20Cl2N2O2/c1-15(2,3)18-13(20)9-19(4)14(21)7-10-5-6-11(16)8-12(10)17/h5-6,8H,7,9H2,1-4H3,(H,18,20). The molecule has 21 heavy (non-hydrogen) atoms. The van der Waals surface area contributed by atoms with E-state index in [-0.39, 0.29) is 30.3 Å². The summed E-state index contributed by atoms with van der Waals surface area (Å²) >= 11 is 11.9. The summed E-state index contributed by atoms with van der Waals surface area (Å²) in [6.07, 6.45) is 0.134. The Morgan fingerprint density at radius 3 is 2.38 bits per heavy atom. The van der Waals surface area contributed by atoms with E-state index < -0.39 is 0 Å². The van der Waals surface area contributed by atoms with Crippen LogP contribution in [0.25, 0.3) is 0 Å². The fraction of sp³-hybridized carbons (Fsp3) is 0.467. The number of carbonyl (C=O) groups excluding carboxylic acids is 2. The maximum atomic E-state index is 12.1. The molecular weight excluding hydrogens is 311 g/mol. The average Bonchev–Trinajstić information content (AvgIpc) is 2.29. The van der Waals surface area contributed by atoms with Crippen LogP contribution >= 0.6 is 23.2 Å². The highest BCUT2D eigenvalue weighted by Crippen LogP contribution is 2.21. The molecule has 1 aromatic rings. The van der Waals surface area contributed by atoms with Gasteiger partial charge < -0.3 is 10.2 Å². The fourth-order valence-corrected chi connectivity index (χ4v) is 2.20. The zero-order valence-corrected chi connectivity index (χ0v) is 14.2. The van der Waals surface area contributed by atoms with E-state index >= 15 is 0 Å². The van der Waals surface area contributed by atoms with Crippen molar-refractivity contribution in [2.75, 3.05) is 13.6 Å². The number of rotatable bonds is 4. The van der Waals surface area contributed by atoms with Crippen LogP contribution in [0.15, 0.2) is 18.2 Å². The summed E-state index contributed by atoms with van der Waals surface area (Å²) in [5, 5.41) is 3.78. The number of hydrogen-bond donors (Lipinski definition) is 1. The van der Waals surface area contributed by atoms with Crippen molar-refractivity contribution in [1.82, 2.24) is 10.2 Å². The minimum Gasteiger partial charge on any atom is -0.350 e. The molecule has 0 radical (unpaired) electrons. The Morgan fingerprint density at radius 1 is 1.24 bits per heavy atom. The average molecular weight is 331 g/mol. The Morgan fingerprint density at radius 2 is 1.86 bits per heavy atom. The van der Waals surface area contributed by atoms with E-state index in [9.17, 15) is 9.59 Å². The first kappa shape index (κ1) is 17.8. The Hall–Kier alpha value is -1.26. The summed E-state index contributed by atoms with van der Waals surface area (Å²) in [6, 6.07) is 4.99.